The number of benzene rings is 2. The molecule has 3 aromatic rings. The zero-order chi connectivity index (χ0) is 19.6. The number of hydrogen-bond donors (Lipinski definition) is 0. The molecule has 27 heavy (non-hydrogen) atoms. The summed E-state index contributed by atoms with van der Waals surface area (Å²) in [6, 6.07) is 13.2. The van der Waals surface area contributed by atoms with Crippen LogP contribution >= 0.6 is 15.9 Å². The zero-order valence-electron chi connectivity index (χ0n) is 14.7. The van der Waals surface area contributed by atoms with Gasteiger partial charge in [0.1, 0.15) is 0 Å². The summed E-state index contributed by atoms with van der Waals surface area (Å²) in [5.74, 6) is -0.179. The fourth-order valence-electron chi connectivity index (χ4n) is 2.72. The molecule has 2 aromatic carbocycles. The second-order valence-corrected chi connectivity index (χ2v) is 7.01. The molecule has 138 valence electrons. The molecule has 0 unspecified atom stereocenters. The van der Waals surface area contributed by atoms with E-state index in [1.807, 2.05) is 13.0 Å². The Morgan fingerprint density at radius 1 is 1.26 bits per heavy atom. The summed E-state index contributed by atoms with van der Waals surface area (Å²) in [5.41, 5.74) is 1.99. The number of aromatic nitrogens is 2. The van der Waals surface area contributed by atoms with Crippen molar-refractivity contribution >= 4 is 27.5 Å². The first kappa shape index (κ1) is 18.8. The predicted octanol–water partition coefficient (Wildman–Crippen LogP) is 4.38. The van der Waals surface area contributed by atoms with Crippen LogP contribution in [0.4, 0.5) is 5.69 Å². The lowest BCUT2D eigenvalue weighted by atomic mass is 10.1. The third-order valence-electron chi connectivity index (χ3n) is 4.37. The second kappa shape index (κ2) is 7.71. The summed E-state index contributed by atoms with van der Waals surface area (Å²) in [4.78, 5) is 25.0. The van der Waals surface area contributed by atoms with Crippen molar-refractivity contribution in [3.63, 3.8) is 0 Å². The summed E-state index contributed by atoms with van der Waals surface area (Å²) >= 11 is 3.35. The van der Waals surface area contributed by atoms with E-state index in [1.54, 1.807) is 59.4 Å². The maximum atomic E-state index is 12.9. The second-order valence-electron chi connectivity index (χ2n) is 6.10. The largest absolute Gasteiger partial charge is 0.335 e. The van der Waals surface area contributed by atoms with E-state index in [4.69, 9.17) is 0 Å². The van der Waals surface area contributed by atoms with Gasteiger partial charge < -0.3 is 4.90 Å². The van der Waals surface area contributed by atoms with Crippen molar-refractivity contribution in [1.29, 1.82) is 0 Å². The van der Waals surface area contributed by atoms with E-state index in [9.17, 15) is 14.9 Å². The topological polar surface area (TPSA) is 81.3 Å². The molecule has 0 radical (unpaired) electrons. The smallest absolute Gasteiger partial charge is 0.269 e. The molecule has 1 aromatic heterocycles. The van der Waals surface area contributed by atoms with Crippen LogP contribution in [-0.4, -0.2) is 32.6 Å². The molecule has 0 aliphatic heterocycles. The molecule has 8 heteroatoms. The van der Waals surface area contributed by atoms with Crippen LogP contribution in [0.15, 0.2) is 65.4 Å². The lowest BCUT2D eigenvalue weighted by Crippen LogP contribution is -2.29. The Balaban J connectivity index is 1.85. The van der Waals surface area contributed by atoms with Gasteiger partial charge in [-0.1, -0.05) is 18.2 Å². The van der Waals surface area contributed by atoms with Crippen LogP contribution in [0.3, 0.4) is 0 Å². The first-order valence-electron chi connectivity index (χ1n) is 8.19. The number of halogens is 1. The van der Waals surface area contributed by atoms with Crippen molar-refractivity contribution in [1.82, 2.24) is 14.7 Å². The Kier molecular flexibility index (Phi) is 5.36. The van der Waals surface area contributed by atoms with Gasteiger partial charge in [-0.15, -0.1) is 0 Å². The summed E-state index contributed by atoms with van der Waals surface area (Å²) in [5, 5.41) is 15.2. The van der Waals surface area contributed by atoms with Crippen LogP contribution in [0.25, 0.3) is 5.69 Å². The highest BCUT2D eigenvalue weighted by Gasteiger charge is 2.21. The highest BCUT2D eigenvalue weighted by molar-refractivity contribution is 9.10. The van der Waals surface area contributed by atoms with Crippen LogP contribution in [0.1, 0.15) is 28.9 Å². The quantitative estimate of drug-likeness (QED) is 0.446. The number of nitrogens with zero attached hydrogens (tertiary/aromatic N) is 4. The minimum Gasteiger partial charge on any atom is -0.335 e. The molecular formula is C19H17BrN4O3. The normalized spacial score (nSPS) is 11.8. The predicted molar refractivity (Wildman–Crippen MR) is 105 cm³/mol. The van der Waals surface area contributed by atoms with Gasteiger partial charge in [0.2, 0.25) is 0 Å². The number of amides is 1. The van der Waals surface area contributed by atoms with Gasteiger partial charge in [-0.2, -0.15) is 5.10 Å². The summed E-state index contributed by atoms with van der Waals surface area (Å²) in [6.07, 6.45) is 3.48. The molecule has 7 nitrogen and oxygen atoms in total. The molecule has 0 spiro atoms. The van der Waals surface area contributed by atoms with Crippen molar-refractivity contribution in [3.05, 3.63) is 86.6 Å². The first-order valence-corrected chi connectivity index (χ1v) is 8.98. The zero-order valence-corrected chi connectivity index (χ0v) is 16.3. The lowest BCUT2D eigenvalue weighted by molar-refractivity contribution is -0.384. The summed E-state index contributed by atoms with van der Waals surface area (Å²) < 4.78 is 2.51. The Bertz CT molecular complexity index is 1000. The molecule has 0 fully saturated rings. The van der Waals surface area contributed by atoms with Crippen molar-refractivity contribution in [2.75, 3.05) is 7.05 Å². The van der Waals surface area contributed by atoms with Crippen molar-refractivity contribution < 1.29 is 9.72 Å². The van der Waals surface area contributed by atoms with Crippen LogP contribution in [0, 0.1) is 10.1 Å². The monoisotopic (exact) mass is 428 g/mol. The van der Waals surface area contributed by atoms with E-state index in [2.05, 4.69) is 21.0 Å². The number of carbonyl (C=O) groups excluding carboxylic acids is 1. The molecule has 0 bridgehead atoms. The first-order chi connectivity index (χ1) is 12.9. The lowest BCUT2D eigenvalue weighted by Gasteiger charge is -2.25. The van der Waals surface area contributed by atoms with Gasteiger partial charge in [-0.25, -0.2) is 4.68 Å². The van der Waals surface area contributed by atoms with E-state index in [1.165, 1.54) is 12.1 Å². The maximum absolute atomic E-state index is 12.9. The third kappa shape index (κ3) is 4.06. The van der Waals surface area contributed by atoms with Crippen LogP contribution in [0.5, 0.6) is 0 Å². The van der Waals surface area contributed by atoms with Gasteiger partial charge in [0.15, 0.2) is 0 Å². The number of carbonyl (C=O) groups is 1. The fraction of sp³-hybridized carbons (Fsp3) is 0.158. The van der Waals surface area contributed by atoms with Gasteiger partial charge in [0.05, 0.1) is 27.3 Å². The van der Waals surface area contributed by atoms with E-state index in [0.717, 1.165) is 10.2 Å². The van der Waals surface area contributed by atoms with E-state index >= 15 is 0 Å². The summed E-state index contributed by atoms with van der Waals surface area (Å²) in [7, 11) is 1.68. The van der Waals surface area contributed by atoms with Gasteiger partial charge in [-0.05, 0) is 46.6 Å². The fourth-order valence-corrected chi connectivity index (χ4v) is 3.01. The van der Waals surface area contributed by atoms with Crippen LogP contribution in [0.2, 0.25) is 0 Å². The number of non-ortho nitro benzene ring substituents is 1. The number of hydrogen-bond acceptors (Lipinski definition) is 4. The highest BCUT2D eigenvalue weighted by atomic mass is 79.9. The standard InChI is InChI=1S/C19H17BrN4O3/c1-13(14-5-3-8-18(9-14)24(26)27)22(2)19(25)15-6-4-7-17(10-15)23-12-16(20)11-21-23/h3-13H,1-2H3/t13-/m0/s1. The SMILES string of the molecule is C[C@@H](c1cccc([N+](=O)[O-])c1)N(C)C(=O)c1cccc(-n2cc(Br)cn2)c1. The van der Waals surface area contributed by atoms with Crippen molar-refractivity contribution in [3.8, 4) is 5.69 Å². The third-order valence-corrected chi connectivity index (χ3v) is 4.78. The average Bonchev–Trinajstić information content (AvgIpc) is 3.13. The average molecular weight is 429 g/mol. The number of rotatable bonds is 5. The van der Waals surface area contributed by atoms with E-state index in [0.29, 0.717) is 11.1 Å². The molecule has 3 rings (SSSR count). The van der Waals surface area contributed by atoms with Gasteiger partial charge >= 0.3 is 0 Å². The van der Waals surface area contributed by atoms with Gasteiger partial charge in [-0.3, -0.25) is 14.9 Å². The molecule has 0 saturated heterocycles. The number of nitro benzene ring substituents is 1. The minimum atomic E-state index is -0.441. The molecule has 0 aliphatic rings. The van der Waals surface area contributed by atoms with Gasteiger partial charge in [0, 0.05) is 30.9 Å². The Hall–Kier alpha value is -3.00. The molecule has 0 saturated carbocycles. The van der Waals surface area contributed by atoms with Gasteiger partial charge in [0.25, 0.3) is 11.6 Å². The Morgan fingerprint density at radius 3 is 2.67 bits per heavy atom. The molecule has 1 atom stereocenters. The molecular weight excluding hydrogens is 412 g/mol. The van der Waals surface area contributed by atoms with Crippen LogP contribution in [-0.2, 0) is 0 Å². The summed E-state index contributed by atoms with van der Waals surface area (Å²) in [6.45, 7) is 1.84. The highest BCUT2D eigenvalue weighted by Crippen LogP contribution is 2.25. The molecule has 1 amide bonds. The van der Waals surface area contributed by atoms with Crippen molar-refractivity contribution in [2.45, 2.75) is 13.0 Å². The Morgan fingerprint density at radius 2 is 2.00 bits per heavy atom. The van der Waals surface area contributed by atoms with Crippen molar-refractivity contribution in [2.24, 2.45) is 0 Å². The molecule has 0 aliphatic carbocycles. The van der Waals surface area contributed by atoms with Crippen LogP contribution < -0.4 is 0 Å². The van der Waals surface area contributed by atoms with E-state index < -0.39 is 4.92 Å². The number of nitro groups is 1. The molecule has 1 heterocycles. The van der Waals surface area contributed by atoms with E-state index in [-0.39, 0.29) is 17.6 Å². The Labute approximate surface area is 164 Å². The maximum Gasteiger partial charge on any atom is 0.269 e. The minimum absolute atomic E-state index is 0.00598. The molecule has 0 N–H and O–H groups in total.